The van der Waals surface area contributed by atoms with Gasteiger partial charge < -0.3 is 20.4 Å². The highest BCUT2D eigenvalue weighted by molar-refractivity contribution is 6.06. The van der Waals surface area contributed by atoms with E-state index in [1.54, 1.807) is 0 Å². The molecule has 2 N–H and O–H groups in total. The second kappa shape index (κ2) is 8.43. The molecule has 0 aliphatic carbocycles. The summed E-state index contributed by atoms with van der Waals surface area (Å²) in [5, 5.41) is 11.1. The Hall–Kier alpha value is -3.39. The van der Waals surface area contributed by atoms with E-state index in [1.807, 2.05) is 24.5 Å². The molecule has 0 bridgehead atoms. The van der Waals surface area contributed by atoms with Crippen LogP contribution in [0.2, 0.25) is 0 Å². The Labute approximate surface area is 200 Å². The van der Waals surface area contributed by atoms with Gasteiger partial charge in [-0.3, -0.25) is 9.48 Å². The number of fused-ring (bicyclic) bond motifs is 2. The minimum Gasteiger partial charge on any atom is -0.368 e. The lowest BCUT2D eigenvalue weighted by Crippen LogP contribution is -2.44. The molecule has 6 rings (SSSR count). The molecule has 0 saturated carbocycles. The van der Waals surface area contributed by atoms with Crippen LogP contribution in [-0.4, -0.2) is 58.8 Å². The second-order valence-corrected chi connectivity index (χ2v) is 9.84. The maximum atomic E-state index is 12.8. The quantitative estimate of drug-likeness (QED) is 0.626. The number of anilines is 3. The van der Waals surface area contributed by atoms with Crippen molar-refractivity contribution in [3.63, 3.8) is 0 Å². The molecule has 1 saturated heterocycles. The summed E-state index contributed by atoms with van der Waals surface area (Å²) in [6.45, 7) is 7.92. The van der Waals surface area contributed by atoms with E-state index >= 15 is 0 Å². The molecule has 1 aromatic carbocycles. The second-order valence-electron chi connectivity index (χ2n) is 9.84. The van der Waals surface area contributed by atoms with Gasteiger partial charge in [-0.05, 0) is 55.1 Å². The molecule has 176 valence electrons. The molecule has 0 radical (unpaired) electrons. The van der Waals surface area contributed by atoms with Gasteiger partial charge in [0.05, 0.1) is 29.3 Å². The Morgan fingerprint density at radius 2 is 1.91 bits per heavy atom. The van der Waals surface area contributed by atoms with Crippen molar-refractivity contribution in [1.29, 1.82) is 0 Å². The van der Waals surface area contributed by atoms with Crippen LogP contribution in [0.3, 0.4) is 0 Å². The lowest BCUT2D eigenvalue weighted by molar-refractivity contribution is 0.0966. The number of benzene rings is 1. The number of nitrogens with zero attached hydrogens (tertiary/aromatic N) is 5. The van der Waals surface area contributed by atoms with Crippen LogP contribution in [0.25, 0.3) is 11.1 Å². The van der Waals surface area contributed by atoms with E-state index in [2.05, 4.69) is 61.3 Å². The Kier molecular flexibility index (Phi) is 5.25. The molecule has 3 aliphatic rings. The van der Waals surface area contributed by atoms with Crippen LogP contribution in [0.15, 0.2) is 36.7 Å². The average molecular weight is 458 g/mol. The highest BCUT2D eigenvalue weighted by Crippen LogP contribution is 2.38. The summed E-state index contributed by atoms with van der Waals surface area (Å²) in [6, 6.07) is 8.23. The normalized spacial score (nSPS) is 20.1. The number of carbonyl (C=O) groups excluding carboxylic acids is 1. The zero-order valence-corrected chi connectivity index (χ0v) is 19.8. The van der Waals surface area contributed by atoms with Gasteiger partial charge in [-0.15, -0.1) is 0 Å². The molecule has 1 amide bonds. The molecule has 1 fully saturated rings. The number of rotatable bonds is 4. The molecule has 2 aromatic heterocycles. The maximum absolute atomic E-state index is 12.8. The summed E-state index contributed by atoms with van der Waals surface area (Å²) in [5.74, 6) is 1.35. The Morgan fingerprint density at radius 1 is 1.06 bits per heavy atom. The zero-order valence-electron chi connectivity index (χ0n) is 19.8. The monoisotopic (exact) mass is 457 g/mol. The molecule has 8 nitrogen and oxygen atoms in total. The van der Waals surface area contributed by atoms with Gasteiger partial charge in [0.25, 0.3) is 5.91 Å². The fraction of sp³-hybridized carbons (Fsp3) is 0.423. The van der Waals surface area contributed by atoms with Crippen LogP contribution < -0.4 is 15.5 Å². The first-order valence-electron chi connectivity index (χ1n) is 12.2. The third-order valence-electron chi connectivity index (χ3n) is 7.44. The fourth-order valence-electron chi connectivity index (χ4n) is 5.38. The molecule has 34 heavy (non-hydrogen) atoms. The Bertz CT molecular complexity index is 1220. The molecule has 1 atom stereocenters. The van der Waals surface area contributed by atoms with Crippen LogP contribution in [0.1, 0.15) is 35.0 Å². The van der Waals surface area contributed by atoms with Gasteiger partial charge in [0.15, 0.2) is 0 Å². The number of pyridine rings is 1. The van der Waals surface area contributed by atoms with E-state index in [4.69, 9.17) is 0 Å². The number of aromatic nitrogens is 3. The predicted octanol–water partition coefficient (Wildman–Crippen LogP) is 3.27. The smallest absolute Gasteiger partial charge is 0.254 e. The van der Waals surface area contributed by atoms with Crippen LogP contribution in [-0.2, 0) is 19.5 Å². The lowest BCUT2D eigenvalue weighted by Gasteiger charge is -2.33. The van der Waals surface area contributed by atoms with Gasteiger partial charge in [-0.1, -0.05) is 13.0 Å². The van der Waals surface area contributed by atoms with E-state index in [0.717, 1.165) is 73.0 Å². The van der Waals surface area contributed by atoms with Gasteiger partial charge in [0.2, 0.25) is 0 Å². The van der Waals surface area contributed by atoms with Gasteiger partial charge >= 0.3 is 0 Å². The summed E-state index contributed by atoms with van der Waals surface area (Å²) in [6.07, 6.45) is 6.09. The molecule has 3 aliphatic heterocycles. The van der Waals surface area contributed by atoms with Crippen molar-refractivity contribution in [2.75, 3.05) is 43.4 Å². The first-order chi connectivity index (χ1) is 16.6. The Morgan fingerprint density at radius 3 is 2.71 bits per heavy atom. The summed E-state index contributed by atoms with van der Waals surface area (Å²) < 4.78 is 2.14. The Balaban J connectivity index is 1.28. The minimum atomic E-state index is -0.0388. The van der Waals surface area contributed by atoms with Crippen molar-refractivity contribution in [2.24, 2.45) is 5.92 Å². The molecule has 0 spiro atoms. The van der Waals surface area contributed by atoms with Crippen molar-refractivity contribution in [1.82, 2.24) is 25.0 Å². The minimum absolute atomic E-state index is 0.0388. The van der Waals surface area contributed by atoms with Crippen molar-refractivity contribution < 1.29 is 4.79 Å². The summed E-state index contributed by atoms with van der Waals surface area (Å²) in [4.78, 5) is 22.2. The maximum Gasteiger partial charge on any atom is 0.254 e. The van der Waals surface area contributed by atoms with Gasteiger partial charge in [-0.2, -0.15) is 5.10 Å². The topological polar surface area (TPSA) is 78.3 Å². The summed E-state index contributed by atoms with van der Waals surface area (Å²) >= 11 is 0. The molecule has 3 aromatic rings. The van der Waals surface area contributed by atoms with E-state index in [9.17, 15) is 4.79 Å². The van der Waals surface area contributed by atoms with Crippen molar-refractivity contribution in [3.05, 3.63) is 53.5 Å². The van der Waals surface area contributed by atoms with E-state index in [0.29, 0.717) is 18.0 Å². The van der Waals surface area contributed by atoms with Gasteiger partial charge in [0, 0.05) is 50.5 Å². The highest BCUT2D eigenvalue weighted by Gasteiger charge is 2.29. The molecule has 0 unspecified atom stereocenters. The predicted molar refractivity (Wildman–Crippen MR) is 134 cm³/mol. The van der Waals surface area contributed by atoms with Crippen molar-refractivity contribution in [2.45, 2.75) is 32.9 Å². The average Bonchev–Trinajstić information content (AvgIpc) is 3.44. The van der Waals surface area contributed by atoms with Gasteiger partial charge in [-0.25, -0.2) is 4.98 Å². The largest absolute Gasteiger partial charge is 0.368 e. The standard InChI is InChI=1S/C26H31N7O/c1-17-3-7-23-20(15-29-33(23)16-17)19-5-6-22(25-21(19)14-28-26(25)34)30-24-8-4-18(13-27-24)32-11-9-31(2)10-12-32/h4-6,8,13,15,17H,3,7,9-12,14,16H2,1-2H3,(H,27,30)(H,28,34)/t17-/m0/s1. The number of nitrogens with one attached hydrogen (secondary N) is 2. The van der Waals surface area contributed by atoms with E-state index in [-0.39, 0.29) is 5.91 Å². The zero-order chi connectivity index (χ0) is 23.2. The third-order valence-corrected chi connectivity index (χ3v) is 7.44. The van der Waals surface area contributed by atoms with Crippen LogP contribution in [0.4, 0.5) is 17.2 Å². The number of piperazine rings is 1. The van der Waals surface area contributed by atoms with Crippen LogP contribution >= 0.6 is 0 Å². The molecule has 8 heteroatoms. The number of hydrogen-bond acceptors (Lipinski definition) is 6. The summed E-state index contributed by atoms with van der Waals surface area (Å²) in [5.41, 5.74) is 7.22. The summed E-state index contributed by atoms with van der Waals surface area (Å²) in [7, 11) is 2.16. The van der Waals surface area contributed by atoms with E-state index < -0.39 is 0 Å². The van der Waals surface area contributed by atoms with Gasteiger partial charge in [0.1, 0.15) is 5.82 Å². The highest BCUT2D eigenvalue weighted by atomic mass is 16.1. The van der Waals surface area contributed by atoms with Crippen LogP contribution in [0, 0.1) is 5.92 Å². The third kappa shape index (κ3) is 3.72. The van der Waals surface area contributed by atoms with Crippen molar-refractivity contribution >= 4 is 23.1 Å². The molecule has 5 heterocycles. The SMILES string of the molecule is C[C@H]1CCc2c(-c3ccc(Nc4ccc(N5CCN(C)CC5)cn4)c4c3CNC4=O)cnn2C1. The van der Waals surface area contributed by atoms with Crippen molar-refractivity contribution in [3.8, 4) is 11.1 Å². The lowest BCUT2D eigenvalue weighted by atomic mass is 9.92. The number of hydrogen-bond donors (Lipinski definition) is 2. The fourth-order valence-corrected chi connectivity index (χ4v) is 5.38. The number of amides is 1. The number of carbonyl (C=O) groups is 1. The van der Waals surface area contributed by atoms with E-state index in [1.165, 1.54) is 12.1 Å². The molecular formula is C26H31N7O. The molecular weight excluding hydrogens is 426 g/mol. The van der Waals surface area contributed by atoms with Crippen LogP contribution in [0.5, 0.6) is 0 Å². The number of likely N-dealkylation sites (N-methyl/N-ethyl adjacent to an activating group) is 1. The first kappa shape index (κ1) is 21.2. The first-order valence-corrected chi connectivity index (χ1v) is 12.2.